The average Bonchev–Trinajstić information content (AvgIpc) is 4.22. The number of rotatable bonds is 16. The van der Waals surface area contributed by atoms with E-state index >= 15 is 4.39 Å². The maximum absolute atomic E-state index is 16.9. The molecule has 8 heterocycles. The van der Waals surface area contributed by atoms with Crippen LogP contribution in [0.2, 0.25) is 0 Å². The number of carbonyl (C=O) groups excluding carboxylic acids is 2. The SMILES string of the molecule is Cc1cc(Nc2cc(C)n(Cc3cc(Nc4cc(C)[nH]n4)nc(C4=CCC(C(=O)N[C@@H](C)c5ccc(-n6cc(F)cn6)nc5)CC4)c3)n2)nc(C2(F)CCC(C(=O)N[C@@H](C)c3ccc(-n4cc(F)cn4)nc3)CC2)c1. The van der Waals surface area contributed by atoms with Crippen molar-refractivity contribution in [2.75, 3.05) is 10.6 Å². The second kappa shape index (κ2) is 21.2. The Bertz CT molecular complexity index is 3370. The summed E-state index contributed by atoms with van der Waals surface area (Å²) < 4.78 is 48.4. The molecular weight excluding hydrogens is 962 g/mol. The number of hydrogen-bond acceptors (Lipinski definition) is 12. The molecule has 75 heavy (non-hydrogen) atoms. The van der Waals surface area contributed by atoms with Gasteiger partial charge in [-0.15, -0.1) is 0 Å². The number of alkyl halides is 1. The van der Waals surface area contributed by atoms with Gasteiger partial charge in [0, 0.05) is 47.8 Å². The van der Waals surface area contributed by atoms with Crippen molar-refractivity contribution in [1.82, 2.24) is 70.1 Å². The number of nitrogens with one attached hydrogen (secondary N) is 5. The van der Waals surface area contributed by atoms with E-state index in [2.05, 4.69) is 63.8 Å². The number of anilines is 4. The maximum atomic E-state index is 16.9. The van der Waals surface area contributed by atoms with Gasteiger partial charge in [-0.3, -0.25) is 19.4 Å². The Morgan fingerprint density at radius 3 is 1.92 bits per heavy atom. The van der Waals surface area contributed by atoms with Crippen LogP contribution >= 0.6 is 0 Å². The van der Waals surface area contributed by atoms with E-state index in [9.17, 15) is 18.4 Å². The Morgan fingerprint density at radius 1 is 0.733 bits per heavy atom. The van der Waals surface area contributed by atoms with Crippen molar-refractivity contribution < 1.29 is 22.8 Å². The molecule has 5 N–H and O–H groups in total. The van der Waals surface area contributed by atoms with E-state index in [1.165, 1.54) is 21.8 Å². The van der Waals surface area contributed by atoms with Gasteiger partial charge in [0.1, 0.15) is 11.6 Å². The van der Waals surface area contributed by atoms with Crippen LogP contribution in [0.15, 0.2) is 104 Å². The minimum atomic E-state index is -1.72. The molecular formula is C54H57F3N16O2. The van der Waals surface area contributed by atoms with E-state index in [1.54, 1.807) is 30.6 Å². The molecule has 21 heteroatoms. The molecule has 1 saturated carbocycles. The van der Waals surface area contributed by atoms with Crippen LogP contribution in [0, 0.1) is 44.2 Å². The van der Waals surface area contributed by atoms with Gasteiger partial charge in [-0.25, -0.2) is 42.5 Å². The van der Waals surface area contributed by atoms with Crippen LogP contribution in [0.25, 0.3) is 17.2 Å². The number of pyridine rings is 4. The molecule has 2 amide bonds. The topological polar surface area (TPSA) is 216 Å². The number of hydrogen-bond donors (Lipinski definition) is 5. The van der Waals surface area contributed by atoms with Crippen LogP contribution in [0.1, 0.15) is 116 Å². The fourth-order valence-corrected chi connectivity index (χ4v) is 9.67. The molecule has 0 saturated heterocycles. The van der Waals surface area contributed by atoms with Crippen LogP contribution < -0.4 is 21.3 Å². The number of halogens is 3. The van der Waals surface area contributed by atoms with Crippen LogP contribution in [0.5, 0.6) is 0 Å². The molecule has 8 aromatic heterocycles. The lowest BCUT2D eigenvalue weighted by Crippen LogP contribution is -2.38. The van der Waals surface area contributed by atoms with Crippen molar-refractivity contribution in [2.45, 2.75) is 104 Å². The number of aromatic amines is 1. The standard InChI is InChI=1S/C54H57F3N16O2/c1-31-18-45(54(57)16-14-39(15-17-54)53(75)63-35(5)41-11-13-51(59-25-41)73-30-43(56)27-61-73)65-46(19-31)67-49-21-33(3)71(70-49)28-36-22-44(64-47(23-36)66-48-20-32(2)68-69-48)37-6-8-38(9-7-37)52(74)62-34(4)40-10-12-50(58-24-40)72-29-42(55)26-60-72/h6,10-13,18-27,29-30,34-35,38-39H,7-9,14-17,28H2,1-5H3,(H,62,74)(H,63,75)(H,65,67,70)(H2,64,66,68,69)/t34-,35-,38?,39?,54?/m0/s1. The maximum Gasteiger partial charge on any atom is 0.223 e. The molecule has 2 aliphatic rings. The van der Waals surface area contributed by atoms with Crippen LogP contribution in [0.3, 0.4) is 0 Å². The molecule has 386 valence electrons. The summed E-state index contributed by atoms with van der Waals surface area (Å²) in [5.41, 5.74) is 5.56. The normalized spacial score (nSPS) is 18.5. The molecule has 0 aromatic carbocycles. The summed E-state index contributed by atoms with van der Waals surface area (Å²) in [5.74, 6) is 1.49. The molecule has 1 fully saturated rings. The molecule has 10 rings (SSSR count). The van der Waals surface area contributed by atoms with Crippen molar-refractivity contribution in [2.24, 2.45) is 11.8 Å². The predicted molar refractivity (Wildman–Crippen MR) is 275 cm³/mol. The summed E-state index contributed by atoms with van der Waals surface area (Å²) in [7, 11) is 0. The molecule has 18 nitrogen and oxygen atoms in total. The first-order valence-corrected chi connectivity index (χ1v) is 25.0. The third-order valence-electron chi connectivity index (χ3n) is 13.9. The average molecular weight is 1020 g/mol. The number of carbonyl (C=O) groups is 2. The Balaban J connectivity index is 0.774. The van der Waals surface area contributed by atoms with E-state index in [0.29, 0.717) is 79.2 Å². The highest BCUT2D eigenvalue weighted by atomic mass is 19.1. The highest BCUT2D eigenvalue weighted by molar-refractivity contribution is 5.81. The van der Waals surface area contributed by atoms with Gasteiger partial charge in [-0.05, 0) is 144 Å². The molecule has 0 spiro atoms. The van der Waals surface area contributed by atoms with Gasteiger partial charge in [0.25, 0.3) is 0 Å². The zero-order valence-corrected chi connectivity index (χ0v) is 42.2. The lowest BCUT2D eigenvalue weighted by Gasteiger charge is -2.33. The largest absolute Gasteiger partial charge is 0.349 e. The third kappa shape index (κ3) is 11.7. The highest BCUT2D eigenvalue weighted by Crippen LogP contribution is 2.43. The Morgan fingerprint density at radius 2 is 1.36 bits per heavy atom. The van der Waals surface area contributed by atoms with Crippen molar-refractivity contribution in [1.29, 1.82) is 0 Å². The molecule has 0 aliphatic heterocycles. The summed E-state index contributed by atoms with van der Waals surface area (Å²) in [6.45, 7) is 9.98. The van der Waals surface area contributed by atoms with Crippen LogP contribution in [-0.2, 0) is 21.8 Å². The number of amides is 2. The molecule has 0 radical (unpaired) electrons. The van der Waals surface area contributed by atoms with E-state index < -0.39 is 17.3 Å². The Kier molecular flexibility index (Phi) is 14.1. The Hall–Kier alpha value is -8.49. The summed E-state index contributed by atoms with van der Waals surface area (Å²) in [6.07, 6.45) is 12.9. The van der Waals surface area contributed by atoms with Crippen molar-refractivity contribution in [3.63, 3.8) is 0 Å². The molecule has 1 unspecified atom stereocenters. The Labute approximate surface area is 430 Å². The quantitative estimate of drug-likeness (QED) is 0.0612. The third-order valence-corrected chi connectivity index (χ3v) is 13.9. The molecule has 8 aromatic rings. The fraction of sp³-hybridized carbons (Fsp3) is 0.333. The number of H-pyrrole nitrogens is 1. The first-order chi connectivity index (χ1) is 36.1. The number of allylic oxidation sites excluding steroid dienone is 2. The predicted octanol–water partition coefficient (Wildman–Crippen LogP) is 9.59. The first-order valence-electron chi connectivity index (χ1n) is 25.0. The fourth-order valence-electron chi connectivity index (χ4n) is 9.67. The summed E-state index contributed by atoms with van der Waals surface area (Å²) >= 11 is 0. The van der Waals surface area contributed by atoms with Crippen molar-refractivity contribution in [3.8, 4) is 11.6 Å². The van der Waals surface area contributed by atoms with Gasteiger partial charge in [-0.2, -0.15) is 20.4 Å². The minimum absolute atomic E-state index is 0.0457. The van der Waals surface area contributed by atoms with Gasteiger partial charge in [0.15, 0.2) is 40.6 Å². The van der Waals surface area contributed by atoms with E-state index in [1.807, 2.05) is 75.7 Å². The van der Waals surface area contributed by atoms with Gasteiger partial charge < -0.3 is 21.3 Å². The minimum Gasteiger partial charge on any atom is -0.349 e. The second-order valence-corrected chi connectivity index (χ2v) is 19.7. The molecule has 2 aliphatic carbocycles. The number of nitrogens with zero attached hydrogens (tertiary/aromatic N) is 11. The summed E-state index contributed by atoms with van der Waals surface area (Å²) in [5, 5.41) is 33.0. The second-order valence-electron chi connectivity index (χ2n) is 19.7. The monoisotopic (exact) mass is 1020 g/mol. The summed E-state index contributed by atoms with van der Waals surface area (Å²) in [6, 6.07) is 17.9. The summed E-state index contributed by atoms with van der Waals surface area (Å²) in [4.78, 5) is 45.5. The highest BCUT2D eigenvalue weighted by Gasteiger charge is 2.41. The lowest BCUT2D eigenvalue weighted by atomic mass is 9.77. The van der Waals surface area contributed by atoms with Crippen LogP contribution in [-0.4, -0.2) is 71.3 Å². The first kappa shape index (κ1) is 50.1. The van der Waals surface area contributed by atoms with Crippen LogP contribution in [0.4, 0.5) is 36.4 Å². The van der Waals surface area contributed by atoms with Gasteiger partial charge >= 0.3 is 0 Å². The van der Waals surface area contributed by atoms with Gasteiger partial charge in [-0.1, -0.05) is 18.2 Å². The van der Waals surface area contributed by atoms with Gasteiger partial charge in [0.05, 0.1) is 54.8 Å². The molecule has 3 atom stereocenters. The lowest BCUT2D eigenvalue weighted by molar-refractivity contribution is -0.128. The van der Waals surface area contributed by atoms with E-state index in [-0.39, 0.29) is 48.6 Å². The molecule has 0 bridgehead atoms. The van der Waals surface area contributed by atoms with Gasteiger partial charge in [0.2, 0.25) is 11.8 Å². The van der Waals surface area contributed by atoms with E-state index in [0.717, 1.165) is 57.3 Å². The van der Waals surface area contributed by atoms with E-state index in [4.69, 9.17) is 15.1 Å². The van der Waals surface area contributed by atoms with Crippen molar-refractivity contribution >= 4 is 40.7 Å². The smallest absolute Gasteiger partial charge is 0.223 e. The number of aryl methyl sites for hydroxylation is 3. The van der Waals surface area contributed by atoms with Crippen molar-refractivity contribution in [3.05, 3.63) is 161 Å². The zero-order valence-electron chi connectivity index (χ0n) is 42.2. The zero-order chi connectivity index (χ0) is 52.4. The number of aromatic nitrogens is 12.